The summed E-state index contributed by atoms with van der Waals surface area (Å²) < 4.78 is 0. The molecule has 3 nitrogen and oxygen atoms in total. The van der Waals surface area contributed by atoms with Crippen LogP contribution in [0.2, 0.25) is 0 Å². The van der Waals surface area contributed by atoms with Gasteiger partial charge in [-0.3, -0.25) is 4.79 Å². The molecule has 1 unspecified atom stereocenters. The number of amides is 1. The van der Waals surface area contributed by atoms with Gasteiger partial charge in [0, 0.05) is 10.6 Å². The highest BCUT2D eigenvalue weighted by molar-refractivity contribution is 8.03. The molecule has 22 heavy (non-hydrogen) atoms. The molecular formula is C18H18N2OS. The van der Waals surface area contributed by atoms with Crippen molar-refractivity contribution in [1.82, 2.24) is 0 Å². The van der Waals surface area contributed by atoms with E-state index >= 15 is 0 Å². The van der Waals surface area contributed by atoms with Gasteiger partial charge in [-0.2, -0.15) is 5.26 Å². The monoisotopic (exact) mass is 310 g/mol. The first-order valence-electron chi connectivity index (χ1n) is 7.06. The molecule has 0 aromatic heterocycles. The lowest BCUT2D eigenvalue weighted by molar-refractivity contribution is -0.117. The van der Waals surface area contributed by atoms with Crippen molar-refractivity contribution < 1.29 is 4.79 Å². The lowest BCUT2D eigenvalue weighted by Crippen LogP contribution is -2.19. The standard InChI is InChI=1S/C18H18N2OS/c1-12-10-17(22-11-19)13(2)9-16(12)20-18(21)14(3)15-7-5-4-6-8-15/h4-10,14H,1-3H3,(H,20,21). The molecule has 0 saturated heterocycles. The summed E-state index contributed by atoms with van der Waals surface area (Å²) in [7, 11) is 0. The Hall–Kier alpha value is -2.25. The van der Waals surface area contributed by atoms with Gasteiger partial charge in [-0.05, 0) is 61.4 Å². The molecule has 1 amide bonds. The molecule has 2 rings (SSSR count). The van der Waals surface area contributed by atoms with Crippen molar-refractivity contribution in [1.29, 1.82) is 5.26 Å². The van der Waals surface area contributed by atoms with Gasteiger partial charge in [0.1, 0.15) is 5.40 Å². The molecule has 0 aliphatic rings. The predicted octanol–water partition coefficient (Wildman–Crippen LogP) is 4.62. The molecule has 4 heteroatoms. The summed E-state index contributed by atoms with van der Waals surface area (Å²) in [5.74, 6) is -0.247. The first kappa shape index (κ1) is 16.1. The summed E-state index contributed by atoms with van der Waals surface area (Å²) in [6.07, 6.45) is 0. The zero-order valence-electron chi connectivity index (χ0n) is 12.9. The SMILES string of the molecule is Cc1cc(SC#N)c(C)cc1NC(=O)C(C)c1ccccc1. The van der Waals surface area contributed by atoms with Gasteiger partial charge in [0.05, 0.1) is 5.92 Å². The topological polar surface area (TPSA) is 52.9 Å². The lowest BCUT2D eigenvalue weighted by Gasteiger charge is -2.15. The van der Waals surface area contributed by atoms with Gasteiger partial charge in [-0.15, -0.1) is 0 Å². The molecule has 0 spiro atoms. The molecule has 0 fully saturated rings. The van der Waals surface area contributed by atoms with E-state index in [9.17, 15) is 4.79 Å². The molecule has 1 N–H and O–H groups in total. The normalized spacial score (nSPS) is 11.5. The van der Waals surface area contributed by atoms with Crippen molar-refractivity contribution in [3.63, 3.8) is 0 Å². The average Bonchev–Trinajstić information content (AvgIpc) is 2.52. The van der Waals surface area contributed by atoms with Crippen molar-refractivity contribution in [3.05, 3.63) is 59.2 Å². The van der Waals surface area contributed by atoms with Crippen LogP contribution in [0.25, 0.3) is 0 Å². The third-order valence-electron chi connectivity index (χ3n) is 3.63. The minimum absolute atomic E-state index is 0.0330. The van der Waals surface area contributed by atoms with E-state index in [1.165, 1.54) is 0 Å². The van der Waals surface area contributed by atoms with Crippen LogP contribution < -0.4 is 5.32 Å². The predicted molar refractivity (Wildman–Crippen MR) is 90.9 cm³/mol. The van der Waals surface area contributed by atoms with Gasteiger partial charge in [-0.25, -0.2) is 0 Å². The summed E-state index contributed by atoms with van der Waals surface area (Å²) in [6, 6.07) is 13.6. The highest BCUT2D eigenvalue weighted by Gasteiger charge is 2.16. The second-order valence-corrected chi connectivity index (χ2v) is 6.07. The van der Waals surface area contributed by atoms with E-state index in [0.29, 0.717) is 0 Å². The number of benzene rings is 2. The summed E-state index contributed by atoms with van der Waals surface area (Å²) >= 11 is 1.14. The van der Waals surface area contributed by atoms with Gasteiger partial charge < -0.3 is 5.32 Å². The number of thioether (sulfide) groups is 1. The van der Waals surface area contributed by atoms with Crippen molar-refractivity contribution in [2.24, 2.45) is 0 Å². The number of anilines is 1. The molecule has 0 bridgehead atoms. The molecule has 0 saturated carbocycles. The number of nitrogens with one attached hydrogen (secondary N) is 1. The van der Waals surface area contributed by atoms with E-state index in [-0.39, 0.29) is 11.8 Å². The van der Waals surface area contributed by atoms with Crippen LogP contribution in [0.1, 0.15) is 29.5 Å². The smallest absolute Gasteiger partial charge is 0.231 e. The van der Waals surface area contributed by atoms with Gasteiger partial charge in [-0.1, -0.05) is 30.3 Å². The Morgan fingerprint density at radius 2 is 1.86 bits per heavy atom. The Bertz CT molecular complexity index is 720. The van der Waals surface area contributed by atoms with E-state index in [1.54, 1.807) is 0 Å². The quantitative estimate of drug-likeness (QED) is 0.662. The summed E-state index contributed by atoms with van der Waals surface area (Å²) in [5.41, 5.74) is 3.73. The molecule has 0 aliphatic carbocycles. The summed E-state index contributed by atoms with van der Waals surface area (Å²) in [4.78, 5) is 13.3. The molecule has 112 valence electrons. The van der Waals surface area contributed by atoms with E-state index in [0.717, 1.165) is 39.0 Å². The Morgan fingerprint density at radius 3 is 2.50 bits per heavy atom. The Morgan fingerprint density at radius 1 is 1.18 bits per heavy atom. The van der Waals surface area contributed by atoms with E-state index in [4.69, 9.17) is 5.26 Å². The minimum atomic E-state index is -0.214. The van der Waals surface area contributed by atoms with Gasteiger partial charge in [0.25, 0.3) is 0 Å². The minimum Gasteiger partial charge on any atom is -0.325 e. The zero-order valence-corrected chi connectivity index (χ0v) is 13.7. The Labute approximate surface area is 135 Å². The van der Waals surface area contributed by atoms with Crippen LogP contribution in [0.15, 0.2) is 47.4 Å². The first-order chi connectivity index (χ1) is 10.5. The second-order valence-electron chi connectivity index (χ2n) is 5.25. The van der Waals surface area contributed by atoms with Gasteiger partial charge in [0.2, 0.25) is 5.91 Å². The maximum absolute atomic E-state index is 12.4. The number of hydrogen-bond donors (Lipinski definition) is 1. The number of hydrogen-bond acceptors (Lipinski definition) is 3. The van der Waals surface area contributed by atoms with Gasteiger partial charge in [0.15, 0.2) is 0 Å². The van der Waals surface area contributed by atoms with Crippen LogP contribution in [0.3, 0.4) is 0 Å². The van der Waals surface area contributed by atoms with Crippen molar-refractivity contribution >= 4 is 23.4 Å². The largest absolute Gasteiger partial charge is 0.325 e. The van der Waals surface area contributed by atoms with Crippen molar-refractivity contribution in [2.75, 3.05) is 5.32 Å². The molecule has 2 aromatic rings. The molecule has 0 aliphatic heterocycles. The first-order valence-corrected chi connectivity index (χ1v) is 7.87. The third-order valence-corrected chi connectivity index (χ3v) is 4.38. The van der Waals surface area contributed by atoms with E-state index in [2.05, 4.69) is 10.7 Å². The van der Waals surface area contributed by atoms with E-state index in [1.807, 2.05) is 63.2 Å². The third kappa shape index (κ3) is 3.69. The molecule has 0 radical (unpaired) electrons. The van der Waals surface area contributed by atoms with Crippen LogP contribution in [0.4, 0.5) is 5.69 Å². The van der Waals surface area contributed by atoms with Gasteiger partial charge >= 0.3 is 0 Å². The number of nitriles is 1. The number of nitrogens with zero attached hydrogens (tertiary/aromatic N) is 1. The summed E-state index contributed by atoms with van der Waals surface area (Å²) in [6.45, 7) is 5.77. The van der Waals surface area contributed by atoms with Crippen LogP contribution in [-0.4, -0.2) is 5.91 Å². The lowest BCUT2D eigenvalue weighted by atomic mass is 10.00. The fraction of sp³-hybridized carbons (Fsp3) is 0.222. The molecular weight excluding hydrogens is 292 g/mol. The number of aryl methyl sites for hydroxylation is 2. The average molecular weight is 310 g/mol. The van der Waals surface area contributed by atoms with Crippen LogP contribution >= 0.6 is 11.8 Å². The molecule has 0 heterocycles. The zero-order chi connectivity index (χ0) is 16.1. The fourth-order valence-corrected chi connectivity index (χ4v) is 2.77. The van der Waals surface area contributed by atoms with E-state index < -0.39 is 0 Å². The number of carbonyl (C=O) groups excluding carboxylic acids is 1. The highest BCUT2D eigenvalue weighted by Crippen LogP contribution is 2.28. The van der Waals surface area contributed by atoms with Crippen LogP contribution in [0.5, 0.6) is 0 Å². The Balaban J connectivity index is 2.19. The number of thiocyanates is 1. The second kappa shape index (κ2) is 7.15. The maximum Gasteiger partial charge on any atom is 0.231 e. The maximum atomic E-state index is 12.4. The molecule has 2 aromatic carbocycles. The summed E-state index contributed by atoms with van der Waals surface area (Å²) in [5, 5.41) is 13.9. The number of carbonyl (C=O) groups is 1. The van der Waals surface area contributed by atoms with Crippen LogP contribution in [-0.2, 0) is 4.79 Å². The molecule has 1 atom stereocenters. The number of rotatable bonds is 4. The Kier molecular flexibility index (Phi) is 5.24. The highest BCUT2D eigenvalue weighted by atomic mass is 32.2. The van der Waals surface area contributed by atoms with Crippen molar-refractivity contribution in [3.8, 4) is 5.40 Å². The van der Waals surface area contributed by atoms with Crippen molar-refractivity contribution in [2.45, 2.75) is 31.6 Å². The fourth-order valence-electron chi connectivity index (χ4n) is 2.22. The van der Waals surface area contributed by atoms with Crippen LogP contribution in [0, 0.1) is 24.5 Å².